The number of rotatable bonds is 7. The van der Waals surface area contributed by atoms with Crippen LogP contribution in [0.1, 0.15) is 58.9 Å². The summed E-state index contributed by atoms with van der Waals surface area (Å²) in [6.45, 7) is 5.57. The Bertz CT molecular complexity index is 1650. The van der Waals surface area contributed by atoms with Crippen LogP contribution < -0.4 is 4.74 Å². The summed E-state index contributed by atoms with van der Waals surface area (Å²) in [6.07, 6.45) is 2.65. The van der Waals surface area contributed by atoms with Crippen LogP contribution in [0.25, 0.3) is 10.3 Å². The molecule has 0 amide bonds. The summed E-state index contributed by atoms with van der Waals surface area (Å²) >= 11 is 7.29. The first-order valence-corrected chi connectivity index (χ1v) is 15.4. The van der Waals surface area contributed by atoms with Gasteiger partial charge in [0.25, 0.3) is 0 Å². The van der Waals surface area contributed by atoms with Crippen molar-refractivity contribution in [3.05, 3.63) is 81.2 Å². The number of ether oxygens (including phenoxy) is 3. The van der Waals surface area contributed by atoms with Crippen LogP contribution in [0, 0.1) is 11.7 Å². The van der Waals surface area contributed by atoms with E-state index in [1.54, 1.807) is 25.1 Å². The summed E-state index contributed by atoms with van der Waals surface area (Å²) < 4.78 is 35.8. The highest BCUT2D eigenvalue weighted by molar-refractivity contribution is 7.20. The number of piperidine rings is 1. The molecule has 0 aliphatic carbocycles. The van der Waals surface area contributed by atoms with Gasteiger partial charge in [-0.1, -0.05) is 29.8 Å². The highest BCUT2D eigenvalue weighted by atomic mass is 35.5. The maximum absolute atomic E-state index is 15.0. The molecule has 4 aromatic rings. The molecule has 5 heterocycles. The van der Waals surface area contributed by atoms with Crippen molar-refractivity contribution in [2.24, 2.45) is 5.92 Å². The number of hydrogen-bond donors (Lipinski definition) is 1. The summed E-state index contributed by atoms with van der Waals surface area (Å²) in [5.41, 5.74) is 2.02. The second-order valence-electron chi connectivity index (χ2n) is 11.4. The molecule has 7 rings (SSSR count). The number of imidazole rings is 1. The number of carbonyl (C=O) groups is 1. The molecular formula is C31H31ClFN3O5S. The van der Waals surface area contributed by atoms with Gasteiger partial charge >= 0.3 is 5.97 Å². The zero-order valence-electron chi connectivity index (χ0n) is 23.1. The third-order valence-electron chi connectivity index (χ3n) is 8.62. The van der Waals surface area contributed by atoms with Gasteiger partial charge in [-0.15, -0.1) is 11.3 Å². The first-order valence-electron chi connectivity index (χ1n) is 14.2. The topological polar surface area (TPSA) is 86.1 Å². The van der Waals surface area contributed by atoms with E-state index in [2.05, 4.69) is 9.47 Å². The van der Waals surface area contributed by atoms with Gasteiger partial charge in [-0.05, 0) is 68.6 Å². The predicted molar refractivity (Wildman–Crippen MR) is 157 cm³/mol. The molecule has 0 bridgehead atoms. The maximum Gasteiger partial charge on any atom is 0.346 e. The number of aromatic carboxylic acids is 1. The summed E-state index contributed by atoms with van der Waals surface area (Å²) in [5, 5.41) is 9.80. The molecule has 2 aromatic heterocycles. The number of hydrogen-bond acceptors (Lipinski definition) is 7. The van der Waals surface area contributed by atoms with Crippen molar-refractivity contribution < 1.29 is 28.5 Å². The molecule has 11 heteroatoms. The van der Waals surface area contributed by atoms with Gasteiger partial charge in [-0.25, -0.2) is 14.2 Å². The Kier molecular flexibility index (Phi) is 7.22. The van der Waals surface area contributed by atoms with Crippen LogP contribution in [0.3, 0.4) is 0 Å². The minimum Gasteiger partial charge on any atom is -0.477 e. The number of likely N-dealkylation sites (tertiary alicyclic amines) is 1. The lowest BCUT2D eigenvalue weighted by molar-refractivity contribution is -0.243. The Morgan fingerprint density at radius 3 is 2.69 bits per heavy atom. The first-order chi connectivity index (χ1) is 20.3. The van der Waals surface area contributed by atoms with Crippen molar-refractivity contribution in [2.75, 3.05) is 19.7 Å². The van der Waals surface area contributed by atoms with Crippen molar-refractivity contribution in [2.45, 2.75) is 57.3 Å². The van der Waals surface area contributed by atoms with E-state index in [1.165, 1.54) is 17.4 Å². The summed E-state index contributed by atoms with van der Waals surface area (Å²) in [4.78, 5) is 20.0. The molecule has 2 saturated heterocycles. The fourth-order valence-corrected chi connectivity index (χ4v) is 7.42. The van der Waals surface area contributed by atoms with E-state index < -0.39 is 17.6 Å². The second kappa shape index (κ2) is 10.9. The molecule has 0 spiro atoms. The van der Waals surface area contributed by atoms with Crippen molar-refractivity contribution >= 4 is 39.3 Å². The lowest BCUT2D eigenvalue weighted by atomic mass is 9.85. The average molecular weight is 612 g/mol. The fourth-order valence-electron chi connectivity index (χ4n) is 6.30. The number of nitrogens with zero attached hydrogens (tertiary/aromatic N) is 3. The fraction of sp³-hybridized carbons (Fsp3) is 0.419. The third kappa shape index (κ3) is 5.09. The molecule has 2 fully saturated rings. The molecule has 0 saturated carbocycles. The van der Waals surface area contributed by atoms with Gasteiger partial charge in [0.15, 0.2) is 0 Å². The lowest BCUT2D eigenvalue weighted by Gasteiger charge is -2.44. The molecule has 3 atom stereocenters. The first kappa shape index (κ1) is 27.8. The van der Waals surface area contributed by atoms with E-state index in [4.69, 9.17) is 30.8 Å². The van der Waals surface area contributed by atoms with Gasteiger partial charge < -0.3 is 23.9 Å². The Labute approximate surface area is 251 Å². The van der Waals surface area contributed by atoms with Crippen LogP contribution in [0.2, 0.25) is 5.02 Å². The van der Waals surface area contributed by atoms with Crippen LogP contribution in [-0.2, 0) is 28.4 Å². The van der Waals surface area contributed by atoms with E-state index in [0.29, 0.717) is 34.3 Å². The van der Waals surface area contributed by atoms with Gasteiger partial charge in [0, 0.05) is 24.1 Å². The highest BCUT2D eigenvalue weighted by Gasteiger charge is 2.44. The number of carboxylic acid groups (broad SMARTS) is 1. The number of aromatic nitrogens is 2. The van der Waals surface area contributed by atoms with Crippen molar-refractivity contribution in [1.29, 1.82) is 0 Å². The zero-order chi connectivity index (χ0) is 29.0. The average Bonchev–Trinajstić information content (AvgIpc) is 3.49. The molecule has 3 aliphatic rings. The molecule has 220 valence electrons. The number of para-hydroxylation sites is 1. The van der Waals surface area contributed by atoms with Crippen LogP contribution in [0.4, 0.5) is 4.39 Å². The Balaban J connectivity index is 1.09. The number of thiophene rings is 1. The Hall–Kier alpha value is -3.02. The van der Waals surface area contributed by atoms with E-state index in [9.17, 15) is 9.90 Å². The van der Waals surface area contributed by atoms with Crippen LogP contribution in [0.5, 0.6) is 5.75 Å². The molecule has 1 N–H and O–H groups in total. The zero-order valence-corrected chi connectivity index (χ0v) is 24.7. The molecule has 2 aromatic carbocycles. The second-order valence-corrected chi connectivity index (χ2v) is 12.9. The van der Waals surface area contributed by atoms with E-state index in [1.807, 2.05) is 24.3 Å². The van der Waals surface area contributed by atoms with Crippen LogP contribution >= 0.6 is 22.9 Å². The van der Waals surface area contributed by atoms with E-state index in [0.717, 1.165) is 60.7 Å². The Morgan fingerprint density at radius 2 is 1.98 bits per heavy atom. The molecular weight excluding hydrogens is 581 g/mol. The smallest absolute Gasteiger partial charge is 0.346 e. The van der Waals surface area contributed by atoms with Gasteiger partial charge in [0.05, 0.1) is 30.9 Å². The van der Waals surface area contributed by atoms with Crippen molar-refractivity contribution in [3.63, 3.8) is 0 Å². The number of halogens is 2. The van der Waals surface area contributed by atoms with E-state index in [-0.39, 0.29) is 18.1 Å². The summed E-state index contributed by atoms with van der Waals surface area (Å²) in [7, 11) is 0. The predicted octanol–water partition coefficient (Wildman–Crippen LogP) is 6.61. The molecule has 0 radical (unpaired) electrons. The normalized spacial score (nSPS) is 24.7. The summed E-state index contributed by atoms with van der Waals surface area (Å²) in [6, 6.07) is 14.1. The largest absolute Gasteiger partial charge is 0.477 e. The SMILES string of the molecule is C[C@@]1(c2ccc(Cl)cc2F)Oc2ccccc2C(C2CCN(Cc3nc4cc(C(=O)O)sc4n3C[C@@H]3CCO3)CC2)O1. The number of benzene rings is 2. The molecule has 1 unspecified atom stereocenters. The number of carboxylic acids is 1. The van der Waals surface area contributed by atoms with Crippen LogP contribution in [-0.4, -0.2) is 51.3 Å². The maximum atomic E-state index is 15.0. The van der Waals surface area contributed by atoms with E-state index >= 15 is 4.39 Å². The summed E-state index contributed by atoms with van der Waals surface area (Å²) in [5.74, 6) is -0.837. The minimum absolute atomic E-state index is 0.132. The minimum atomic E-state index is -1.29. The third-order valence-corrected chi connectivity index (χ3v) is 9.99. The van der Waals surface area contributed by atoms with Crippen molar-refractivity contribution in [1.82, 2.24) is 14.5 Å². The highest BCUT2D eigenvalue weighted by Crippen LogP contribution is 2.49. The molecule has 3 aliphatic heterocycles. The lowest BCUT2D eigenvalue weighted by Crippen LogP contribution is -2.43. The van der Waals surface area contributed by atoms with Gasteiger partial charge in [-0.2, -0.15) is 0 Å². The van der Waals surface area contributed by atoms with Crippen LogP contribution in [0.15, 0.2) is 48.5 Å². The van der Waals surface area contributed by atoms with Gasteiger partial charge in [0.1, 0.15) is 32.6 Å². The quantitative estimate of drug-likeness (QED) is 0.252. The monoisotopic (exact) mass is 611 g/mol. The Morgan fingerprint density at radius 1 is 1.19 bits per heavy atom. The number of fused-ring (bicyclic) bond motifs is 2. The molecule has 42 heavy (non-hydrogen) atoms. The molecule has 8 nitrogen and oxygen atoms in total. The van der Waals surface area contributed by atoms with Gasteiger partial charge in [-0.3, -0.25) is 4.90 Å². The standard InChI is InChI=1S/C31H31ClFN3O5S/c1-31(22-7-6-19(32)14-23(22)33)40-25-5-3-2-4-21(25)28(41-31)18-8-11-35(12-9-18)17-27-34-24-15-26(30(37)38)42-29(24)36(27)16-20-10-13-39-20/h2-7,14-15,18,20,28H,8-13,16-17H2,1H3,(H,37,38)/t20-,28?,31+/m0/s1. The van der Waals surface area contributed by atoms with Crippen molar-refractivity contribution in [3.8, 4) is 5.75 Å². The van der Waals surface area contributed by atoms with Gasteiger partial charge in [0.2, 0.25) is 5.79 Å².